The van der Waals surface area contributed by atoms with Gasteiger partial charge in [-0.2, -0.15) is 0 Å². The highest BCUT2D eigenvalue weighted by Gasteiger charge is 2.88. The topological polar surface area (TPSA) is 150 Å². The van der Waals surface area contributed by atoms with Gasteiger partial charge in [0.2, 0.25) is 0 Å². The zero-order chi connectivity index (χ0) is 27.3. The van der Waals surface area contributed by atoms with Gasteiger partial charge >= 0.3 is 23.9 Å². The molecule has 0 bridgehead atoms. The number of carbonyl (C=O) groups excluding carboxylic acids is 4. The SMILES string of the molecule is CC(=O)OC1CC2OC2(C)C2C(O)C34O[C@@]3(C)C(=O)OC4/C=C(/C)C[C@@H](OC(C)=O)[C@H](OC(C)=O)[C@@]12C. The molecule has 0 radical (unpaired) electrons. The van der Waals surface area contributed by atoms with Crippen LogP contribution in [0, 0.1) is 11.3 Å². The first-order valence-corrected chi connectivity index (χ1v) is 12.6. The maximum atomic E-state index is 12.9. The Morgan fingerprint density at radius 2 is 1.65 bits per heavy atom. The molecule has 0 aromatic carbocycles. The first kappa shape index (κ1) is 26.1. The van der Waals surface area contributed by atoms with Crippen LogP contribution in [0.4, 0.5) is 0 Å². The van der Waals surface area contributed by atoms with Crippen LogP contribution >= 0.6 is 0 Å². The molecule has 0 aromatic rings. The monoisotopic (exact) mass is 522 g/mol. The quantitative estimate of drug-likeness (QED) is 0.246. The van der Waals surface area contributed by atoms with Crippen LogP contribution in [0.5, 0.6) is 0 Å². The zero-order valence-electron chi connectivity index (χ0n) is 22.1. The highest BCUT2D eigenvalue weighted by Crippen LogP contribution is 2.69. The predicted molar refractivity (Wildman–Crippen MR) is 123 cm³/mol. The molecule has 3 aliphatic heterocycles. The van der Waals surface area contributed by atoms with E-state index in [1.165, 1.54) is 20.8 Å². The van der Waals surface area contributed by atoms with Gasteiger partial charge < -0.3 is 33.5 Å². The maximum Gasteiger partial charge on any atom is 0.342 e. The van der Waals surface area contributed by atoms with E-state index in [0.29, 0.717) is 5.57 Å². The Labute approximate surface area is 214 Å². The van der Waals surface area contributed by atoms with Gasteiger partial charge in [-0.15, -0.1) is 0 Å². The van der Waals surface area contributed by atoms with Gasteiger partial charge in [0.1, 0.15) is 18.3 Å². The molecule has 1 spiro atoms. The molecule has 3 heterocycles. The molecule has 4 fully saturated rings. The fourth-order valence-electron chi connectivity index (χ4n) is 7.41. The number of carbonyl (C=O) groups is 4. The molecule has 204 valence electrons. The van der Waals surface area contributed by atoms with Gasteiger partial charge in [-0.05, 0) is 26.8 Å². The highest BCUT2D eigenvalue weighted by atomic mass is 16.7. The molecule has 11 nitrogen and oxygen atoms in total. The van der Waals surface area contributed by atoms with Crippen molar-refractivity contribution in [2.24, 2.45) is 11.3 Å². The van der Waals surface area contributed by atoms with E-state index in [9.17, 15) is 24.3 Å². The average Bonchev–Trinajstić information content (AvgIpc) is 3.59. The fourth-order valence-corrected chi connectivity index (χ4v) is 7.41. The summed E-state index contributed by atoms with van der Waals surface area (Å²) in [6.45, 7) is 10.7. The van der Waals surface area contributed by atoms with E-state index >= 15 is 0 Å². The second kappa shape index (κ2) is 8.00. The number of rotatable bonds is 3. The van der Waals surface area contributed by atoms with Gasteiger partial charge in [0, 0.05) is 39.5 Å². The van der Waals surface area contributed by atoms with Crippen LogP contribution in [0.2, 0.25) is 0 Å². The normalized spacial score (nSPS) is 51.0. The molecule has 3 saturated heterocycles. The lowest BCUT2D eigenvalue weighted by molar-refractivity contribution is -0.224. The van der Waals surface area contributed by atoms with Crippen molar-refractivity contribution in [2.75, 3.05) is 0 Å². The van der Waals surface area contributed by atoms with Crippen LogP contribution in [0.15, 0.2) is 11.6 Å². The standard InChI is InChI=1S/C26H34O11/c1-11-8-15(32-12(2)27)21(34-14(4)29)23(5)16(33-13(3)28)10-17-24(6,36-17)19(23)20(30)26-18(9-11)35-22(31)25(26,7)37-26/h9,15-21,30H,8,10H2,1-7H3/b11-9-/t15-,16?,17?,18?,19?,20?,21+,23+,24?,25+,26?/m1/s1. The van der Waals surface area contributed by atoms with Gasteiger partial charge in [-0.25, -0.2) is 4.79 Å². The molecule has 1 N–H and O–H groups in total. The number of hydrogen-bond acceptors (Lipinski definition) is 11. The molecule has 2 aliphatic carbocycles. The first-order valence-electron chi connectivity index (χ1n) is 12.6. The summed E-state index contributed by atoms with van der Waals surface area (Å²) in [4.78, 5) is 49.8. The van der Waals surface area contributed by atoms with E-state index in [2.05, 4.69) is 0 Å². The van der Waals surface area contributed by atoms with Crippen molar-refractivity contribution in [3.63, 3.8) is 0 Å². The van der Waals surface area contributed by atoms with E-state index in [4.69, 9.17) is 28.4 Å². The minimum atomic E-state index is -1.43. The van der Waals surface area contributed by atoms with Crippen LogP contribution in [-0.2, 0) is 47.6 Å². The van der Waals surface area contributed by atoms with E-state index in [0.717, 1.165) is 0 Å². The number of aliphatic hydroxyl groups excluding tert-OH is 1. The van der Waals surface area contributed by atoms with Gasteiger partial charge in [0.05, 0.1) is 23.2 Å². The molecule has 11 heteroatoms. The van der Waals surface area contributed by atoms with Crippen molar-refractivity contribution in [1.29, 1.82) is 0 Å². The van der Waals surface area contributed by atoms with E-state index in [-0.39, 0.29) is 18.9 Å². The van der Waals surface area contributed by atoms with Crippen LogP contribution in [0.1, 0.15) is 61.3 Å². The van der Waals surface area contributed by atoms with Crippen molar-refractivity contribution in [3.05, 3.63) is 11.6 Å². The summed E-state index contributed by atoms with van der Waals surface area (Å²) in [5, 5.41) is 12.2. The molecule has 0 aromatic heterocycles. The Morgan fingerprint density at radius 3 is 2.22 bits per heavy atom. The summed E-state index contributed by atoms with van der Waals surface area (Å²) in [6, 6.07) is 0. The number of epoxide rings is 2. The van der Waals surface area contributed by atoms with Gasteiger partial charge in [0.25, 0.3) is 0 Å². The lowest BCUT2D eigenvalue weighted by Crippen LogP contribution is -2.67. The van der Waals surface area contributed by atoms with Crippen LogP contribution in [-0.4, -0.2) is 82.4 Å². The molecular formula is C26H34O11. The van der Waals surface area contributed by atoms with Crippen LogP contribution < -0.4 is 0 Å². The van der Waals surface area contributed by atoms with Crippen molar-refractivity contribution >= 4 is 23.9 Å². The second-order valence-corrected chi connectivity index (χ2v) is 11.6. The third-order valence-corrected chi connectivity index (χ3v) is 9.09. The summed E-state index contributed by atoms with van der Waals surface area (Å²) in [5.41, 5.74) is -4.41. The average molecular weight is 523 g/mol. The van der Waals surface area contributed by atoms with Gasteiger partial charge in [0.15, 0.2) is 17.3 Å². The van der Waals surface area contributed by atoms with Crippen molar-refractivity contribution in [2.45, 2.75) is 115 Å². The predicted octanol–water partition coefficient (Wildman–Crippen LogP) is 1.13. The number of aliphatic hydroxyl groups is 1. The molecule has 0 amide bonds. The summed E-state index contributed by atoms with van der Waals surface area (Å²) in [6.07, 6.45) is -3.58. The fraction of sp³-hybridized carbons (Fsp3) is 0.769. The molecule has 5 rings (SSSR count). The lowest BCUT2D eigenvalue weighted by atomic mass is 9.53. The Balaban J connectivity index is 1.75. The summed E-state index contributed by atoms with van der Waals surface area (Å²) < 4.78 is 35.2. The maximum absolute atomic E-state index is 12.9. The number of ether oxygens (including phenoxy) is 6. The molecule has 7 unspecified atom stereocenters. The minimum Gasteiger partial charge on any atom is -0.462 e. The minimum absolute atomic E-state index is 0.130. The summed E-state index contributed by atoms with van der Waals surface area (Å²) in [7, 11) is 0. The second-order valence-electron chi connectivity index (χ2n) is 11.6. The van der Waals surface area contributed by atoms with Crippen LogP contribution in [0.25, 0.3) is 0 Å². The molecule has 37 heavy (non-hydrogen) atoms. The van der Waals surface area contributed by atoms with Crippen molar-refractivity contribution in [3.8, 4) is 0 Å². The van der Waals surface area contributed by atoms with E-state index in [1.54, 1.807) is 26.8 Å². The van der Waals surface area contributed by atoms with Crippen molar-refractivity contribution in [1.82, 2.24) is 0 Å². The number of fused-ring (bicyclic) bond motifs is 3. The zero-order valence-corrected chi connectivity index (χ0v) is 22.1. The Kier molecular flexibility index (Phi) is 5.65. The largest absolute Gasteiger partial charge is 0.462 e. The summed E-state index contributed by atoms with van der Waals surface area (Å²) >= 11 is 0. The Bertz CT molecular complexity index is 1100. The summed E-state index contributed by atoms with van der Waals surface area (Å²) in [5.74, 6) is -3.27. The first-order chi connectivity index (χ1) is 17.1. The highest BCUT2D eigenvalue weighted by molar-refractivity contribution is 5.89. The van der Waals surface area contributed by atoms with Crippen LogP contribution in [0.3, 0.4) is 0 Å². The molecule has 5 aliphatic rings. The Hall–Kier alpha value is -2.50. The van der Waals surface area contributed by atoms with E-state index < -0.39 is 82.5 Å². The van der Waals surface area contributed by atoms with Gasteiger partial charge in [-0.3, -0.25) is 14.4 Å². The Morgan fingerprint density at radius 1 is 1.03 bits per heavy atom. The third-order valence-electron chi connectivity index (χ3n) is 9.09. The van der Waals surface area contributed by atoms with Gasteiger partial charge in [-0.1, -0.05) is 12.5 Å². The molecule has 1 saturated carbocycles. The third kappa shape index (κ3) is 3.50. The van der Waals surface area contributed by atoms with E-state index in [1.807, 2.05) is 6.92 Å². The number of hydrogen-bond donors (Lipinski definition) is 1. The number of esters is 4. The smallest absolute Gasteiger partial charge is 0.342 e. The molecular weight excluding hydrogens is 488 g/mol. The van der Waals surface area contributed by atoms with Crippen molar-refractivity contribution < 1.29 is 52.7 Å². The molecule has 11 atom stereocenters. The lowest BCUT2D eigenvalue weighted by Gasteiger charge is -2.54.